The predicted molar refractivity (Wildman–Crippen MR) is 72.4 cm³/mol. The average Bonchev–Trinajstić information content (AvgIpc) is 2.24. The van der Waals surface area contributed by atoms with Gasteiger partial charge in [0.15, 0.2) is 0 Å². The van der Waals surface area contributed by atoms with Crippen molar-refractivity contribution >= 4 is 25.6 Å². The normalized spacial score (nSPS) is 11.6. The molecule has 0 atom stereocenters. The number of hydrogen-bond donors (Lipinski definition) is 2. The van der Waals surface area contributed by atoms with Crippen molar-refractivity contribution in [2.45, 2.75) is 25.7 Å². The number of rotatable bonds is 7. The predicted octanol–water partition coefficient (Wildman–Crippen LogP) is 2.52. The van der Waals surface area contributed by atoms with Crippen molar-refractivity contribution in [2.75, 3.05) is 11.5 Å². The summed E-state index contributed by atoms with van der Waals surface area (Å²) in [6, 6.07) is 7.74. The molecule has 0 bridgehead atoms. The van der Waals surface area contributed by atoms with Crippen molar-refractivity contribution in [3.63, 3.8) is 0 Å². The average molecular weight is 275 g/mol. The van der Waals surface area contributed by atoms with E-state index in [9.17, 15) is 8.42 Å². The number of hydrogen-bond acceptors (Lipinski definition) is 4. The molecule has 0 saturated carbocycles. The Labute approximate surface area is 106 Å². The minimum Gasteiger partial charge on any atom is -0.399 e. The first-order chi connectivity index (χ1) is 7.99. The molecular weight excluding hydrogens is 258 g/mol. The molecule has 17 heavy (non-hydrogen) atoms. The molecular formula is C11H17NO3S2. The highest BCUT2D eigenvalue weighted by Crippen LogP contribution is 2.16. The Bertz CT molecular complexity index is 446. The smallest absolute Gasteiger partial charge is 0.319 e. The molecule has 0 radical (unpaired) electrons. The Balaban J connectivity index is 2.15. The Morgan fingerprint density at radius 1 is 1.18 bits per heavy atom. The maximum absolute atomic E-state index is 10.4. The highest BCUT2D eigenvalue weighted by Gasteiger charge is 2.04. The van der Waals surface area contributed by atoms with Crippen molar-refractivity contribution in [1.82, 2.24) is 0 Å². The molecule has 1 aromatic carbocycles. The van der Waals surface area contributed by atoms with Gasteiger partial charge in [-0.05, 0) is 41.7 Å². The summed E-state index contributed by atoms with van der Waals surface area (Å²) in [5.74, 6) is 0.434. The van der Waals surface area contributed by atoms with Crippen LogP contribution in [0, 0.1) is 0 Å². The molecule has 4 nitrogen and oxygen atoms in total. The fourth-order valence-corrected chi connectivity index (χ4v) is 3.04. The summed E-state index contributed by atoms with van der Waals surface area (Å²) in [5, 5.41) is 0. The number of benzene rings is 1. The molecule has 0 aromatic heterocycles. The van der Waals surface area contributed by atoms with Crippen LogP contribution >= 0.6 is 10.8 Å². The van der Waals surface area contributed by atoms with Crippen molar-refractivity contribution in [3.05, 3.63) is 29.8 Å². The largest absolute Gasteiger partial charge is 0.399 e. The number of nitrogen functional groups attached to an aromatic ring is 1. The Morgan fingerprint density at radius 2 is 1.88 bits per heavy atom. The molecule has 0 fully saturated rings. The fraction of sp³-hybridized carbons (Fsp3) is 0.455. The second kappa shape index (κ2) is 6.88. The number of anilines is 1. The first-order valence-corrected chi connectivity index (χ1v) is 8.38. The van der Waals surface area contributed by atoms with Gasteiger partial charge in [-0.15, -0.1) is 0 Å². The third-order valence-corrected chi connectivity index (χ3v) is 4.52. The number of unbranched alkanes of at least 4 members (excludes halogenated alkanes) is 2. The number of para-hydroxylation sites is 1. The molecule has 6 heteroatoms. The topological polar surface area (TPSA) is 80.4 Å². The monoisotopic (exact) mass is 275 g/mol. The summed E-state index contributed by atoms with van der Waals surface area (Å²) in [7, 11) is -3.29. The van der Waals surface area contributed by atoms with Gasteiger partial charge < -0.3 is 5.73 Å². The third kappa shape index (κ3) is 6.55. The minimum absolute atomic E-state index is 0.434. The van der Waals surface area contributed by atoms with Gasteiger partial charge in [-0.1, -0.05) is 24.6 Å². The summed E-state index contributed by atoms with van der Waals surface area (Å²) < 4.78 is 29.4. The zero-order chi connectivity index (χ0) is 12.7. The van der Waals surface area contributed by atoms with Gasteiger partial charge >= 0.3 is 9.15 Å². The Morgan fingerprint density at radius 3 is 2.53 bits per heavy atom. The lowest BCUT2D eigenvalue weighted by atomic mass is 10.1. The van der Waals surface area contributed by atoms with Crippen LogP contribution in [0.3, 0.4) is 0 Å². The maximum Gasteiger partial charge on any atom is 0.319 e. The standard InChI is InChI=1S/C11H17NO3S2/c12-11-8-4-3-7-10(11)6-2-1-5-9-16-17(13,14)15/h3-4,7-8H,1-2,5-6,9,12H2,(H,13,14,15). The summed E-state index contributed by atoms with van der Waals surface area (Å²) in [6.07, 6.45) is 3.58. The quantitative estimate of drug-likeness (QED) is 0.346. The molecule has 0 amide bonds. The van der Waals surface area contributed by atoms with Crippen molar-refractivity contribution in [2.24, 2.45) is 0 Å². The summed E-state index contributed by atoms with van der Waals surface area (Å²) in [6.45, 7) is 0. The van der Waals surface area contributed by atoms with E-state index in [-0.39, 0.29) is 0 Å². The molecule has 0 heterocycles. The van der Waals surface area contributed by atoms with Crippen molar-refractivity contribution < 1.29 is 13.0 Å². The molecule has 1 rings (SSSR count). The van der Waals surface area contributed by atoms with Gasteiger partial charge in [-0.25, -0.2) is 0 Å². The SMILES string of the molecule is Nc1ccccc1CCCCCSS(=O)(=O)O. The van der Waals surface area contributed by atoms with E-state index in [1.54, 1.807) is 0 Å². The van der Waals surface area contributed by atoms with Gasteiger partial charge in [0, 0.05) is 11.4 Å². The van der Waals surface area contributed by atoms with Crippen LogP contribution < -0.4 is 5.73 Å². The first kappa shape index (κ1) is 14.3. The van der Waals surface area contributed by atoms with Crippen LogP contribution in [0.5, 0.6) is 0 Å². The lowest BCUT2D eigenvalue weighted by molar-refractivity contribution is 0.503. The second-order valence-corrected chi connectivity index (χ2v) is 7.23. The highest BCUT2D eigenvalue weighted by atomic mass is 33.1. The van der Waals surface area contributed by atoms with E-state index in [4.69, 9.17) is 10.3 Å². The summed E-state index contributed by atoms with van der Waals surface area (Å²) in [5.41, 5.74) is 7.74. The van der Waals surface area contributed by atoms with Gasteiger partial charge in [0.05, 0.1) is 0 Å². The second-order valence-electron chi connectivity index (χ2n) is 3.76. The van der Waals surface area contributed by atoms with Crippen LogP contribution in [0.2, 0.25) is 0 Å². The third-order valence-electron chi connectivity index (χ3n) is 2.38. The van der Waals surface area contributed by atoms with E-state index in [1.807, 2.05) is 24.3 Å². The molecule has 0 aliphatic rings. The zero-order valence-electron chi connectivity index (χ0n) is 9.50. The van der Waals surface area contributed by atoms with Crippen LogP contribution in [-0.2, 0) is 15.6 Å². The molecule has 96 valence electrons. The van der Waals surface area contributed by atoms with Gasteiger partial charge in [-0.2, -0.15) is 8.42 Å². The summed E-state index contributed by atoms with van der Waals surface area (Å²) in [4.78, 5) is 0. The Hall–Kier alpha value is -0.720. The zero-order valence-corrected chi connectivity index (χ0v) is 11.1. The molecule has 1 aromatic rings. The van der Waals surface area contributed by atoms with Crippen LogP contribution in [-0.4, -0.2) is 18.7 Å². The lowest BCUT2D eigenvalue weighted by Crippen LogP contribution is -1.95. The fourth-order valence-electron chi connectivity index (χ4n) is 1.52. The van der Waals surface area contributed by atoms with E-state index < -0.39 is 9.15 Å². The minimum atomic E-state index is -3.87. The van der Waals surface area contributed by atoms with Crippen LogP contribution in [0.25, 0.3) is 0 Å². The lowest BCUT2D eigenvalue weighted by Gasteiger charge is -2.04. The van der Waals surface area contributed by atoms with E-state index >= 15 is 0 Å². The van der Waals surface area contributed by atoms with Crippen molar-refractivity contribution in [3.8, 4) is 0 Å². The highest BCUT2D eigenvalue weighted by molar-refractivity contribution is 8.69. The molecule has 3 N–H and O–H groups in total. The van der Waals surface area contributed by atoms with Crippen LogP contribution in [0.4, 0.5) is 5.69 Å². The number of nitrogens with two attached hydrogens (primary N) is 1. The summed E-state index contributed by atoms with van der Waals surface area (Å²) >= 11 is 0. The van der Waals surface area contributed by atoms with Crippen LogP contribution in [0.15, 0.2) is 24.3 Å². The molecule has 0 saturated heterocycles. The number of aryl methyl sites for hydroxylation is 1. The maximum atomic E-state index is 10.4. The van der Waals surface area contributed by atoms with E-state index in [1.165, 1.54) is 0 Å². The van der Waals surface area contributed by atoms with Gasteiger partial charge in [0.1, 0.15) is 0 Å². The first-order valence-electron chi connectivity index (χ1n) is 5.44. The van der Waals surface area contributed by atoms with Crippen LogP contribution in [0.1, 0.15) is 24.8 Å². The van der Waals surface area contributed by atoms with Gasteiger partial charge in [-0.3, -0.25) is 4.55 Å². The van der Waals surface area contributed by atoms with Crippen molar-refractivity contribution in [1.29, 1.82) is 0 Å². The molecule has 0 aliphatic carbocycles. The Kier molecular flexibility index (Phi) is 5.80. The van der Waals surface area contributed by atoms with E-state index in [0.717, 1.165) is 36.9 Å². The van der Waals surface area contributed by atoms with Gasteiger partial charge in [0.2, 0.25) is 0 Å². The van der Waals surface area contributed by atoms with Gasteiger partial charge in [0.25, 0.3) is 0 Å². The molecule has 0 spiro atoms. The molecule has 0 aliphatic heterocycles. The van der Waals surface area contributed by atoms with E-state index in [2.05, 4.69) is 0 Å². The van der Waals surface area contributed by atoms with E-state index in [0.29, 0.717) is 16.5 Å². The molecule has 0 unspecified atom stereocenters.